The minimum absolute atomic E-state index is 0.0487. The van der Waals surface area contributed by atoms with Crippen molar-refractivity contribution >= 4 is 22.4 Å². The second-order valence-electron chi connectivity index (χ2n) is 5.88. The third kappa shape index (κ3) is 2.48. The van der Waals surface area contributed by atoms with Crippen molar-refractivity contribution in [3.05, 3.63) is 42.0 Å². The number of rotatable bonds is 2. The summed E-state index contributed by atoms with van der Waals surface area (Å²) < 4.78 is 0. The monoisotopic (exact) mass is 268 g/mol. The largest absolute Gasteiger partial charge is 0.398 e. The first-order valence-corrected chi connectivity index (χ1v) is 7.22. The average molecular weight is 268 g/mol. The lowest BCUT2D eigenvalue weighted by Gasteiger charge is -2.14. The fourth-order valence-corrected chi connectivity index (χ4v) is 3.06. The fraction of sp³-hybridized carbons (Fsp3) is 0.353. The summed E-state index contributed by atoms with van der Waals surface area (Å²) in [5, 5.41) is 5.23. The number of nitrogens with one attached hydrogen (secondary N) is 1. The molecule has 2 unspecified atom stereocenters. The van der Waals surface area contributed by atoms with Crippen LogP contribution in [0.2, 0.25) is 0 Å². The quantitative estimate of drug-likeness (QED) is 0.821. The molecule has 0 aliphatic heterocycles. The van der Waals surface area contributed by atoms with Crippen LogP contribution in [-0.2, 0) is 0 Å². The van der Waals surface area contributed by atoms with Crippen molar-refractivity contribution in [2.45, 2.75) is 32.2 Å². The Morgan fingerprint density at radius 3 is 2.55 bits per heavy atom. The first-order chi connectivity index (χ1) is 9.63. The molecule has 2 aromatic rings. The number of carbonyl (C=O) groups is 1. The van der Waals surface area contributed by atoms with E-state index in [-0.39, 0.29) is 5.91 Å². The Hall–Kier alpha value is -2.03. The van der Waals surface area contributed by atoms with E-state index in [4.69, 9.17) is 5.73 Å². The summed E-state index contributed by atoms with van der Waals surface area (Å²) in [6.45, 7) is 2.23. The molecule has 1 amide bonds. The second-order valence-corrected chi connectivity index (χ2v) is 5.88. The Bertz CT molecular complexity index is 650. The van der Waals surface area contributed by atoms with E-state index in [1.54, 1.807) is 0 Å². The van der Waals surface area contributed by atoms with Gasteiger partial charge in [-0.15, -0.1) is 0 Å². The number of carbonyl (C=O) groups excluding carboxylic acids is 1. The van der Waals surface area contributed by atoms with Crippen molar-refractivity contribution in [2.75, 3.05) is 5.73 Å². The van der Waals surface area contributed by atoms with Gasteiger partial charge < -0.3 is 11.1 Å². The molecule has 0 heterocycles. The molecular formula is C17H20N2O. The van der Waals surface area contributed by atoms with Gasteiger partial charge in [0.05, 0.1) is 5.56 Å². The molecule has 0 radical (unpaired) electrons. The van der Waals surface area contributed by atoms with Crippen LogP contribution in [0.1, 0.15) is 36.5 Å². The van der Waals surface area contributed by atoms with Gasteiger partial charge in [0.25, 0.3) is 5.91 Å². The maximum absolute atomic E-state index is 12.4. The third-order valence-electron chi connectivity index (χ3n) is 4.19. The number of benzene rings is 2. The van der Waals surface area contributed by atoms with Gasteiger partial charge in [-0.25, -0.2) is 0 Å². The highest BCUT2D eigenvalue weighted by Gasteiger charge is 2.23. The summed E-state index contributed by atoms with van der Waals surface area (Å²) in [5.41, 5.74) is 7.16. The van der Waals surface area contributed by atoms with E-state index < -0.39 is 0 Å². The van der Waals surface area contributed by atoms with E-state index in [9.17, 15) is 4.79 Å². The molecule has 1 saturated carbocycles. The SMILES string of the molecule is CC1CCC(NC(=O)c2cc3ccccc3cc2N)C1. The predicted octanol–water partition coefficient (Wildman–Crippen LogP) is 3.34. The smallest absolute Gasteiger partial charge is 0.253 e. The maximum atomic E-state index is 12.4. The van der Waals surface area contributed by atoms with Crippen molar-refractivity contribution in [3.63, 3.8) is 0 Å². The van der Waals surface area contributed by atoms with Crippen LogP contribution in [0, 0.1) is 5.92 Å². The molecule has 3 heteroatoms. The first kappa shape index (κ1) is 13.0. The Kier molecular flexibility index (Phi) is 3.35. The second kappa shape index (κ2) is 5.16. The van der Waals surface area contributed by atoms with Crippen molar-refractivity contribution in [1.29, 1.82) is 0 Å². The summed E-state index contributed by atoms with van der Waals surface area (Å²) in [5.74, 6) is 0.654. The van der Waals surface area contributed by atoms with Gasteiger partial charge >= 0.3 is 0 Å². The van der Waals surface area contributed by atoms with Crippen LogP contribution < -0.4 is 11.1 Å². The summed E-state index contributed by atoms with van der Waals surface area (Å²) in [7, 11) is 0. The Morgan fingerprint density at radius 2 is 1.90 bits per heavy atom. The zero-order valence-corrected chi connectivity index (χ0v) is 11.7. The van der Waals surface area contributed by atoms with Crippen LogP contribution in [0.5, 0.6) is 0 Å². The van der Waals surface area contributed by atoms with Crippen molar-refractivity contribution in [1.82, 2.24) is 5.32 Å². The molecule has 3 N–H and O–H groups in total. The predicted molar refractivity (Wildman–Crippen MR) is 82.6 cm³/mol. The van der Waals surface area contributed by atoms with Crippen LogP contribution >= 0.6 is 0 Å². The van der Waals surface area contributed by atoms with Gasteiger partial charge in [-0.1, -0.05) is 31.2 Å². The lowest BCUT2D eigenvalue weighted by atomic mass is 10.0. The molecule has 104 valence electrons. The number of nitrogens with two attached hydrogens (primary N) is 1. The van der Waals surface area contributed by atoms with Crippen LogP contribution in [0.3, 0.4) is 0 Å². The molecule has 3 nitrogen and oxygen atoms in total. The van der Waals surface area contributed by atoms with Crippen LogP contribution in [0.4, 0.5) is 5.69 Å². The van der Waals surface area contributed by atoms with Gasteiger partial charge in [0.1, 0.15) is 0 Å². The summed E-state index contributed by atoms with van der Waals surface area (Å²) in [6.07, 6.45) is 3.33. The van der Waals surface area contributed by atoms with Gasteiger partial charge in [0, 0.05) is 11.7 Å². The molecule has 2 aromatic carbocycles. The normalized spacial score (nSPS) is 22.1. The number of hydrogen-bond acceptors (Lipinski definition) is 2. The minimum Gasteiger partial charge on any atom is -0.398 e. The average Bonchev–Trinajstić information content (AvgIpc) is 2.83. The summed E-state index contributed by atoms with van der Waals surface area (Å²) >= 11 is 0. The minimum atomic E-state index is -0.0487. The van der Waals surface area contributed by atoms with E-state index in [2.05, 4.69) is 12.2 Å². The van der Waals surface area contributed by atoms with Crippen molar-refractivity contribution in [2.24, 2.45) is 5.92 Å². The van der Waals surface area contributed by atoms with Crippen LogP contribution in [0.15, 0.2) is 36.4 Å². The molecule has 1 aliphatic rings. The van der Waals surface area contributed by atoms with E-state index in [0.29, 0.717) is 23.2 Å². The zero-order valence-electron chi connectivity index (χ0n) is 11.7. The molecule has 20 heavy (non-hydrogen) atoms. The molecule has 0 saturated heterocycles. The molecule has 0 spiro atoms. The fourth-order valence-electron chi connectivity index (χ4n) is 3.06. The van der Waals surface area contributed by atoms with Crippen molar-refractivity contribution in [3.8, 4) is 0 Å². The summed E-state index contributed by atoms with van der Waals surface area (Å²) in [4.78, 5) is 12.4. The zero-order chi connectivity index (χ0) is 14.1. The lowest BCUT2D eigenvalue weighted by Crippen LogP contribution is -2.33. The first-order valence-electron chi connectivity index (χ1n) is 7.22. The van der Waals surface area contributed by atoms with Gasteiger partial charge in [-0.05, 0) is 48.1 Å². The van der Waals surface area contributed by atoms with E-state index in [1.807, 2.05) is 36.4 Å². The lowest BCUT2D eigenvalue weighted by molar-refractivity contribution is 0.0938. The van der Waals surface area contributed by atoms with E-state index >= 15 is 0 Å². The van der Waals surface area contributed by atoms with Gasteiger partial charge in [-0.2, -0.15) is 0 Å². The third-order valence-corrected chi connectivity index (χ3v) is 4.19. The van der Waals surface area contributed by atoms with Crippen LogP contribution in [-0.4, -0.2) is 11.9 Å². The van der Waals surface area contributed by atoms with E-state index in [1.165, 1.54) is 6.42 Å². The standard InChI is InChI=1S/C17H20N2O/c1-11-6-7-14(8-11)19-17(20)15-9-12-4-2-3-5-13(12)10-16(15)18/h2-5,9-11,14H,6-8,18H2,1H3,(H,19,20). The number of amides is 1. The molecule has 0 bridgehead atoms. The van der Waals surface area contributed by atoms with Gasteiger partial charge in [0.15, 0.2) is 0 Å². The number of anilines is 1. The molecule has 3 rings (SSSR count). The van der Waals surface area contributed by atoms with Gasteiger partial charge in [0.2, 0.25) is 0 Å². The number of fused-ring (bicyclic) bond motifs is 1. The Balaban J connectivity index is 1.85. The molecule has 0 aromatic heterocycles. The Morgan fingerprint density at radius 1 is 1.20 bits per heavy atom. The summed E-state index contributed by atoms with van der Waals surface area (Å²) in [6, 6.07) is 12.0. The molecular weight excluding hydrogens is 248 g/mol. The molecule has 1 aliphatic carbocycles. The number of nitrogen functional groups attached to an aromatic ring is 1. The number of hydrogen-bond donors (Lipinski definition) is 2. The molecule has 1 fully saturated rings. The van der Waals surface area contributed by atoms with Gasteiger partial charge in [-0.3, -0.25) is 4.79 Å². The van der Waals surface area contributed by atoms with E-state index in [0.717, 1.165) is 23.6 Å². The maximum Gasteiger partial charge on any atom is 0.253 e. The Labute approximate surface area is 119 Å². The molecule has 2 atom stereocenters. The van der Waals surface area contributed by atoms with Crippen LogP contribution in [0.25, 0.3) is 10.8 Å². The topological polar surface area (TPSA) is 55.1 Å². The highest BCUT2D eigenvalue weighted by molar-refractivity contribution is 6.04. The highest BCUT2D eigenvalue weighted by atomic mass is 16.1. The highest BCUT2D eigenvalue weighted by Crippen LogP contribution is 2.26. The van der Waals surface area contributed by atoms with Crippen molar-refractivity contribution < 1.29 is 4.79 Å².